The molecule has 3 aromatic heterocycles. The number of halogens is 2. The molecule has 0 radical (unpaired) electrons. The summed E-state index contributed by atoms with van der Waals surface area (Å²) in [6, 6.07) is 5.42. The normalized spacial score (nSPS) is 11.0. The van der Waals surface area contributed by atoms with Gasteiger partial charge in [0.25, 0.3) is 0 Å². The first-order valence-electron chi connectivity index (χ1n) is 7.33. The van der Waals surface area contributed by atoms with E-state index in [1.54, 1.807) is 12.3 Å². The predicted octanol–water partition coefficient (Wildman–Crippen LogP) is 2.41. The summed E-state index contributed by atoms with van der Waals surface area (Å²) < 4.78 is 28.8. The minimum Gasteiger partial charge on any atom is -0.383 e. The fourth-order valence-corrected chi connectivity index (χ4v) is 3.03. The highest BCUT2D eigenvalue weighted by Crippen LogP contribution is 2.31. The molecule has 0 atom stereocenters. The summed E-state index contributed by atoms with van der Waals surface area (Å²) in [5.74, 6) is -1.80. The van der Waals surface area contributed by atoms with Crippen LogP contribution in [0, 0.1) is 18.6 Å². The SMILES string of the molecule is Cc1nnc(-c2cnc(N)c(-c3nnnn3-c3cccc(F)c3F)c2)s1. The van der Waals surface area contributed by atoms with E-state index in [1.165, 1.54) is 23.5 Å². The summed E-state index contributed by atoms with van der Waals surface area (Å²) in [6.45, 7) is 1.83. The zero-order chi connectivity index (χ0) is 18.3. The Kier molecular flexibility index (Phi) is 3.84. The third-order valence-electron chi connectivity index (χ3n) is 3.56. The van der Waals surface area contributed by atoms with Crippen LogP contribution in [0.15, 0.2) is 30.5 Å². The van der Waals surface area contributed by atoms with Crippen LogP contribution in [-0.2, 0) is 0 Å². The molecule has 0 saturated heterocycles. The molecule has 0 amide bonds. The van der Waals surface area contributed by atoms with Gasteiger partial charge in [-0.15, -0.1) is 15.3 Å². The number of nitrogens with two attached hydrogens (primary N) is 1. The van der Waals surface area contributed by atoms with Crippen LogP contribution in [0.1, 0.15) is 5.01 Å². The lowest BCUT2D eigenvalue weighted by Crippen LogP contribution is -2.06. The third-order valence-corrected chi connectivity index (χ3v) is 4.45. The Morgan fingerprint density at radius 1 is 1.15 bits per heavy atom. The molecule has 11 heteroatoms. The van der Waals surface area contributed by atoms with Crippen LogP contribution in [0.5, 0.6) is 0 Å². The quantitative estimate of drug-likeness (QED) is 0.588. The minimum atomic E-state index is -1.07. The van der Waals surface area contributed by atoms with Crippen LogP contribution in [0.3, 0.4) is 0 Å². The van der Waals surface area contributed by atoms with Crippen molar-refractivity contribution in [1.29, 1.82) is 0 Å². The van der Waals surface area contributed by atoms with Gasteiger partial charge in [-0.1, -0.05) is 17.4 Å². The van der Waals surface area contributed by atoms with Gasteiger partial charge in [0, 0.05) is 11.8 Å². The van der Waals surface area contributed by atoms with E-state index in [1.807, 2.05) is 6.92 Å². The van der Waals surface area contributed by atoms with Gasteiger partial charge in [0.15, 0.2) is 17.5 Å². The van der Waals surface area contributed by atoms with Crippen molar-refractivity contribution in [3.63, 3.8) is 0 Å². The first-order chi connectivity index (χ1) is 12.5. The first-order valence-corrected chi connectivity index (χ1v) is 8.15. The number of hydrogen-bond donors (Lipinski definition) is 1. The van der Waals surface area contributed by atoms with Crippen molar-refractivity contribution in [2.75, 3.05) is 5.73 Å². The largest absolute Gasteiger partial charge is 0.383 e. The molecule has 1 aromatic carbocycles. The Morgan fingerprint density at radius 2 is 2.00 bits per heavy atom. The minimum absolute atomic E-state index is 0.127. The molecule has 26 heavy (non-hydrogen) atoms. The molecule has 0 fully saturated rings. The standard InChI is InChI=1S/C15H10F2N8S/c1-7-20-22-15(26-7)8-5-9(13(18)19-6-8)14-21-23-24-25(14)11-4-2-3-10(16)12(11)17/h2-6H,1H3,(H2,18,19). The highest BCUT2D eigenvalue weighted by atomic mass is 32.1. The topological polar surface area (TPSA) is 108 Å². The summed E-state index contributed by atoms with van der Waals surface area (Å²) in [5.41, 5.74) is 6.85. The second kappa shape index (κ2) is 6.19. The average Bonchev–Trinajstić information content (AvgIpc) is 3.27. The zero-order valence-corrected chi connectivity index (χ0v) is 14.1. The fraction of sp³-hybridized carbons (Fsp3) is 0.0667. The third kappa shape index (κ3) is 2.67. The number of anilines is 1. The summed E-state index contributed by atoms with van der Waals surface area (Å²) >= 11 is 1.39. The van der Waals surface area contributed by atoms with E-state index < -0.39 is 11.6 Å². The lowest BCUT2D eigenvalue weighted by Gasteiger charge is -2.08. The van der Waals surface area contributed by atoms with Gasteiger partial charge in [0.1, 0.15) is 21.5 Å². The van der Waals surface area contributed by atoms with Crippen LogP contribution in [0.25, 0.3) is 27.6 Å². The van der Waals surface area contributed by atoms with Crippen molar-refractivity contribution in [3.05, 3.63) is 47.1 Å². The maximum absolute atomic E-state index is 14.2. The van der Waals surface area contributed by atoms with Gasteiger partial charge < -0.3 is 5.73 Å². The Labute approximate surface area is 149 Å². The van der Waals surface area contributed by atoms with Crippen LogP contribution >= 0.6 is 11.3 Å². The Hall–Kier alpha value is -3.34. The van der Waals surface area contributed by atoms with Gasteiger partial charge >= 0.3 is 0 Å². The van der Waals surface area contributed by atoms with E-state index in [4.69, 9.17) is 5.73 Å². The second-order valence-corrected chi connectivity index (χ2v) is 6.45. The lowest BCUT2D eigenvalue weighted by atomic mass is 10.1. The molecule has 0 aliphatic rings. The maximum Gasteiger partial charge on any atom is 0.190 e. The van der Waals surface area contributed by atoms with E-state index in [0.717, 1.165) is 15.8 Å². The molecule has 0 unspecified atom stereocenters. The van der Waals surface area contributed by atoms with E-state index in [9.17, 15) is 8.78 Å². The molecule has 2 N–H and O–H groups in total. The van der Waals surface area contributed by atoms with E-state index in [-0.39, 0.29) is 17.3 Å². The van der Waals surface area contributed by atoms with Crippen LogP contribution in [0.2, 0.25) is 0 Å². The zero-order valence-electron chi connectivity index (χ0n) is 13.3. The molecule has 4 rings (SSSR count). The van der Waals surface area contributed by atoms with E-state index >= 15 is 0 Å². The number of hydrogen-bond acceptors (Lipinski definition) is 8. The second-order valence-electron chi connectivity index (χ2n) is 5.27. The smallest absolute Gasteiger partial charge is 0.190 e. The Bertz CT molecular complexity index is 1110. The van der Waals surface area contributed by atoms with Crippen LogP contribution in [-0.4, -0.2) is 35.4 Å². The Balaban J connectivity index is 1.87. The Morgan fingerprint density at radius 3 is 2.77 bits per heavy atom. The van der Waals surface area contributed by atoms with Crippen LogP contribution < -0.4 is 5.73 Å². The number of aryl methyl sites for hydroxylation is 1. The predicted molar refractivity (Wildman–Crippen MR) is 90.4 cm³/mol. The van der Waals surface area contributed by atoms with Gasteiger partial charge in [-0.25, -0.2) is 13.8 Å². The number of aromatic nitrogens is 7. The molecule has 3 heterocycles. The van der Waals surface area contributed by atoms with Gasteiger partial charge in [-0.2, -0.15) is 4.68 Å². The molecule has 4 aromatic rings. The number of nitrogen functional groups attached to an aromatic ring is 1. The first kappa shape index (κ1) is 16.1. The molecule has 0 aliphatic carbocycles. The summed E-state index contributed by atoms with van der Waals surface area (Å²) in [6.07, 6.45) is 1.55. The summed E-state index contributed by atoms with van der Waals surface area (Å²) in [7, 11) is 0. The number of nitrogens with zero attached hydrogens (tertiary/aromatic N) is 7. The van der Waals surface area contributed by atoms with Crippen molar-refractivity contribution < 1.29 is 8.78 Å². The molecule has 130 valence electrons. The van der Waals surface area contributed by atoms with Crippen LogP contribution in [0.4, 0.5) is 14.6 Å². The monoisotopic (exact) mass is 372 g/mol. The molecule has 8 nitrogen and oxygen atoms in total. The lowest BCUT2D eigenvalue weighted by molar-refractivity contribution is 0.501. The summed E-state index contributed by atoms with van der Waals surface area (Å²) in [4.78, 5) is 4.14. The van der Waals surface area contributed by atoms with E-state index in [0.29, 0.717) is 16.1 Å². The summed E-state index contributed by atoms with van der Waals surface area (Å²) in [5, 5.41) is 20.7. The van der Waals surface area contributed by atoms with Crippen molar-refractivity contribution in [2.45, 2.75) is 6.92 Å². The number of rotatable bonds is 3. The van der Waals surface area contributed by atoms with Crippen molar-refractivity contribution in [2.24, 2.45) is 0 Å². The number of tetrazole rings is 1. The van der Waals surface area contributed by atoms with Gasteiger partial charge in [-0.3, -0.25) is 0 Å². The van der Waals surface area contributed by atoms with Crippen molar-refractivity contribution >= 4 is 17.2 Å². The molecule has 0 saturated carbocycles. The average molecular weight is 372 g/mol. The van der Waals surface area contributed by atoms with Gasteiger partial charge in [0.05, 0.1) is 5.56 Å². The molecular weight excluding hydrogens is 362 g/mol. The highest BCUT2D eigenvalue weighted by molar-refractivity contribution is 7.14. The molecule has 0 aliphatic heterocycles. The van der Waals surface area contributed by atoms with Gasteiger partial charge in [-0.05, 0) is 35.5 Å². The highest BCUT2D eigenvalue weighted by Gasteiger charge is 2.20. The fourth-order valence-electron chi connectivity index (χ4n) is 2.36. The molecule has 0 spiro atoms. The number of benzene rings is 1. The maximum atomic E-state index is 14.2. The van der Waals surface area contributed by atoms with E-state index in [2.05, 4.69) is 30.7 Å². The van der Waals surface area contributed by atoms with Crippen molar-refractivity contribution in [1.82, 2.24) is 35.4 Å². The molecule has 0 bridgehead atoms. The van der Waals surface area contributed by atoms with Gasteiger partial charge in [0.2, 0.25) is 0 Å². The van der Waals surface area contributed by atoms with Crippen molar-refractivity contribution in [3.8, 4) is 27.6 Å². The molecular formula is C15H10F2N8S. The number of pyridine rings is 1.